The fourth-order valence-electron chi connectivity index (χ4n) is 1.84. The van der Waals surface area contributed by atoms with E-state index in [9.17, 15) is 0 Å². The van der Waals surface area contributed by atoms with Gasteiger partial charge in [-0.1, -0.05) is 32.9 Å². The van der Waals surface area contributed by atoms with Gasteiger partial charge in [0, 0.05) is 25.9 Å². The van der Waals surface area contributed by atoms with Crippen molar-refractivity contribution in [3.05, 3.63) is 29.8 Å². The summed E-state index contributed by atoms with van der Waals surface area (Å²) in [5.74, 6) is 0. The van der Waals surface area contributed by atoms with Crippen molar-refractivity contribution >= 4 is 5.69 Å². The van der Waals surface area contributed by atoms with Crippen LogP contribution >= 0.6 is 0 Å². The Hall–Kier alpha value is -1.02. The zero-order valence-electron chi connectivity index (χ0n) is 11.8. The van der Waals surface area contributed by atoms with Crippen molar-refractivity contribution in [3.8, 4) is 0 Å². The second-order valence-corrected chi connectivity index (χ2v) is 5.37. The van der Waals surface area contributed by atoms with Gasteiger partial charge in [-0.25, -0.2) is 0 Å². The van der Waals surface area contributed by atoms with E-state index in [-0.39, 0.29) is 5.41 Å². The number of anilines is 1. The molecule has 0 N–H and O–H groups in total. The van der Waals surface area contributed by atoms with Gasteiger partial charge in [-0.05, 0) is 30.0 Å². The highest BCUT2D eigenvalue weighted by atomic mass is 16.5. The Balaban J connectivity index is 2.78. The lowest BCUT2D eigenvalue weighted by Crippen LogP contribution is -2.26. The van der Waals surface area contributed by atoms with Crippen molar-refractivity contribution in [3.63, 3.8) is 0 Å². The van der Waals surface area contributed by atoms with E-state index in [1.165, 1.54) is 11.3 Å². The van der Waals surface area contributed by atoms with Gasteiger partial charge in [0.15, 0.2) is 0 Å². The van der Waals surface area contributed by atoms with Crippen LogP contribution < -0.4 is 4.90 Å². The summed E-state index contributed by atoms with van der Waals surface area (Å²) in [4.78, 5) is 2.33. The maximum atomic E-state index is 5.13. The van der Waals surface area contributed by atoms with Crippen LogP contribution in [0.1, 0.15) is 33.3 Å². The number of methoxy groups -OCH3 is 1. The van der Waals surface area contributed by atoms with Gasteiger partial charge in [-0.15, -0.1) is 0 Å². The van der Waals surface area contributed by atoms with Crippen LogP contribution in [0, 0.1) is 0 Å². The molecule has 0 fully saturated rings. The van der Waals surface area contributed by atoms with Crippen LogP contribution in [0.25, 0.3) is 0 Å². The molecule has 0 saturated heterocycles. The van der Waals surface area contributed by atoms with E-state index in [0.717, 1.165) is 19.7 Å². The van der Waals surface area contributed by atoms with E-state index in [2.05, 4.69) is 56.9 Å². The van der Waals surface area contributed by atoms with Gasteiger partial charge < -0.3 is 9.64 Å². The van der Waals surface area contributed by atoms with Gasteiger partial charge in [0.25, 0.3) is 0 Å². The van der Waals surface area contributed by atoms with Gasteiger partial charge in [0.2, 0.25) is 0 Å². The number of hydrogen-bond donors (Lipinski definition) is 0. The largest absolute Gasteiger partial charge is 0.383 e. The van der Waals surface area contributed by atoms with Gasteiger partial charge in [-0.2, -0.15) is 0 Å². The molecule has 0 saturated carbocycles. The molecule has 0 aromatic heterocycles. The lowest BCUT2D eigenvalue weighted by molar-refractivity contribution is 0.205. The maximum absolute atomic E-state index is 5.13. The molecule has 0 aliphatic rings. The molecule has 1 aromatic carbocycles. The van der Waals surface area contributed by atoms with Crippen molar-refractivity contribution in [1.29, 1.82) is 0 Å². The van der Waals surface area contributed by atoms with Gasteiger partial charge >= 0.3 is 0 Å². The van der Waals surface area contributed by atoms with Crippen molar-refractivity contribution in [2.24, 2.45) is 0 Å². The molecule has 17 heavy (non-hydrogen) atoms. The topological polar surface area (TPSA) is 12.5 Å². The van der Waals surface area contributed by atoms with Crippen LogP contribution in [0.15, 0.2) is 24.3 Å². The Bertz CT molecular complexity index is 324. The van der Waals surface area contributed by atoms with Gasteiger partial charge in [0.1, 0.15) is 0 Å². The molecule has 0 aliphatic heterocycles. The third kappa shape index (κ3) is 4.04. The predicted molar refractivity (Wildman–Crippen MR) is 74.9 cm³/mol. The summed E-state index contributed by atoms with van der Waals surface area (Å²) in [6, 6.07) is 8.87. The van der Waals surface area contributed by atoms with E-state index < -0.39 is 0 Å². The first-order valence-corrected chi connectivity index (χ1v) is 6.33. The summed E-state index contributed by atoms with van der Waals surface area (Å²) in [7, 11) is 1.75. The SMILES string of the molecule is CCN(CCOC)c1ccc(C(C)(C)C)cc1. The first-order chi connectivity index (χ1) is 7.99. The molecule has 0 amide bonds. The fourth-order valence-corrected chi connectivity index (χ4v) is 1.84. The number of hydrogen-bond acceptors (Lipinski definition) is 2. The highest BCUT2D eigenvalue weighted by Gasteiger charge is 2.13. The lowest BCUT2D eigenvalue weighted by Gasteiger charge is -2.25. The zero-order valence-corrected chi connectivity index (χ0v) is 11.8. The summed E-state index contributed by atoms with van der Waals surface area (Å²) < 4.78 is 5.13. The van der Waals surface area contributed by atoms with Crippen molar-refractivity contribution < 1.29 is 4.74 Å². The maximum Gasteiger partial charge on any atom is 0.0637 e. The first-order valence-electron chi connectivity index (χ1n) is 6.33. The summed E-state index contributed by atoms with van der Waals surface area (Å²) in [6.07, 6.45) is 0. The Kier molecular flexibility index (Phi) is 5.01. The van der Waals surface area contributed by atoms with E-state index in [1.807, 2.05) is 0 Å². The molecule has 0 aliphatic carbocycles. The highest BCUT2D eigenvalue weighted by molar-refractivity contribution is 5.48. The third-order valence-electron chi connectivity index (χ3n) is 3.05. The average Bonchev–Trinajstić information content (AvgIpc) is 2.29. The smallest absolute Gasteiger partial charge is 0.0637 e. The molecule has 1 aromatic rings. The molecular formula is C15H25NO. The van der Waals surface area contributed by atoms with E-state index in [1.54, 1.807) is 7.11 Å². The molecule has 0 bridgehead atoms. The fraction of sp³-hybridized carbons (Fsp3) is 0.600. The van der Waals surface area contributed by atoms with Crippen LogP contribution in [-0.2, 0) is 10.2 Å². The van der Waals surface area contributed by atoms with Crippen LogP contribution in [-0.4, -0.2) is 26.8 Å². The Morgan fingerprint density at radius 2 is 1.71 bits per heavy atom. The Labute approximate surface area is 106 Å². The van der Waals surface area contributed by atoms with E-state index in [0.29, 0.717) is 0 Å². The van der Waals surface area contributed by atoms with Crippen LogP contribution in [0.3, 0.4) is 0 Å². The molecular weight excluding hydrogens is 210 g/mol. The number of nitrogens with zero attached hydrogens (tertiary/aromatic N) is 1. The van der Waals surface area contributed by atoms with E-state index in [4.69, 9.17) is 4.74 Å². The third-order valence-corrected chi connectivity index (χ3v) is 3.05. The van der Waals surface area contributed by atoms with Crippen molar-refractivity contribution in [2.45, 2.75) is 33.1 Å². The van der Waals surface area contributed by atoms with E-state index >= 15 is 0 Å². The zero-order chi connectivity index (χ0) is 12.9. The second kappa shape index (κ2) is 6.06. The minimum atomic E-state index is 0.224. The molecule has 0 unspecified atom stereocenters. The van der Waals surface area contributed by atoms with Crippen LogP contribution in [0.4, 0.5) is 5.69 Å². The molecule has 96 valence electrons. The predicted octanol–water partition coefficient (Wildman–Crippen LogP) is 3.46. The normalized spacial score (nSPS) is 11.6. The number of benzene rings is 1. The monoisotopic (exact) mass is 235 g/mol. The molecule has 2 heteroatoms. The van der Waals surface area contributed by atoms with Crippen LogP contribution in [0.5, 0.6) is 0 Å². The first kappa shape index (κ1) is 14.0. The molecule has 0 heterocycles. The summed E-state index contributed by atoms with van der Waals surface area (Å²) >= 11 is 0. The average molecular weight is 235 g/mol. The van der Waals surface area contributed by atoms with Gasteiger partial charge in [0.05, 0.1) is 6.61 Å². The summed E-state index contributed by atoms with van der Waals surface area (Å²) in [6.45, 7) is 11.6. The number of rotatable bonds is 5. The molecule has 0 radical (unpaired) electrons. The summed E-state index contributed by atoms with van der Waals surface area (Å²) in [5.41, 5.74) is 2.88. The summed E-state index contributed by atoms with van der Waals surface area (Å²) in [5, 5.41) is 0. The Morgan fingerprint density at radius 3 is 2.12 bits per heavy atom. The molecule has 1 rings (SSSR count). The highest BCUT2D eigenvalue weighted by Crippen LogP contribution is 2.24. The lowest BCUT2D eigenvalue weighted by atomic mass is 9.87. The molecule has 2 nitrogen and oxygen atoms in total. The van der Waals surface area contributed by atoms with Crippen molar-refractivity contribution in [2.75, 3.05) is 31.7 Å². The minimum Gasteiger partial charge on any atom is -0.383 e. The molecule has 0 spiro atoms. The second-order valence-electron chi connectivity index (χ2n) is 5.37. The van der Waals surface area contributed by atoms with Crippen LogP contribution in [0.2, 0.25) is 0 Å². The Morgan fingerprint density at radius 1 is 1.12 bits per heavy atom. The number of likely N-dealkylation sites (N-methyl/N-ethyl adjacent to an activating group) is 1. The quantitative estimate of drug-likeness (QED) is 0.775. The van der Waals surface area contributed by atoms with Crippen molar-refractivity contribution in [1.82, 2.24) is 0 Å². The standard InChI is InChI=1S/C15H25NO/c1-6-16(11-12-17-5)14-9-7-13(8-10-14)15(2,3)4/h7-10H,6,11-12H2,1-5H3. The number of ether oxygens (including phenoxy) is 1. The minimum absolute atomic E-state index is 0.224. The van der Waals surface area contributed by atoms with Gasteiger partial charge in [-0.3, -0.25) is 0 Å². The molecule has 0 atom stereocenters.